The van der Waals surface area contributed by atoms with E-state index in [4.69, 9.17) is 0 Å². The Kier molecular flexibility index (Phi) is 3.38. The normalized spacial score (nSPS) is 15.0. The molecule has 0 saturated heterocycles. The van der Waals surface area contributed by atoms with E-state index in [-0.39, 0.29) is 0 Å². The minimum absolute atomic E-state index is 0.857. The van der Waals surface area contributed by atoms with Gasteiger partial charge in [0, 0.05) is 0 Å². The standard InChI is InChI=1S/C13H18OSi/c1-13(14,10-11-15(2,3)4)12-8-6-5-7-9-12/h5-9,14H,1-4H3. The van der Waals surface area contributed by atoms with Gasteiger partial charge in [0.1, 0.15) is 13.7 Å². The highest BCUT2D eigenvalue weighted by Gasteiger charge is 2.20. The summed E-state index contributed by atoms with van der Waals surface area (Å²) in [7, 11) is -1.42. The maximum absolute atomic E-state index is 10.2. The Bertz CT molecular complexity index is 376. The first-order valence-electron chi connectivity index (χ1n) is 5.13. The molecule has 0 aliphatic heterocycles. The van der Waals surface area contributed by atoms with E-state index >= 15 is 0 Å². The molecule has 1 aromatic carbocycles. The second-order valence-corrected chi connectivity index (χ2v) is 9.69. The summed E-state index contributed by atoms with van der Waals surface area (Å²) < 4.78 is 0. The molecule has 0 fully saturated rings. The fourth-order valence-electron chi connectivity index (χ4n) is 1.14. The van der Waals surface area contributed by atoms with Crippen LogP contribution in [-0.2, 0) is 5.60 Å². The Morgan fingerprint density at radius 3 is 2.13 bits per heavy atom. The zero-order valence-electron chi connectivity index (χ0n) is 9.83. The highest BCUT2D eigenvalue weighted by atomic mass is 28.3. The first kappa shape index (κ1) is 12.0. The molecule has 0 aliphatic rings. The van der Waals surface area contributed by atoms with Gasteiger partial charge in [0.2, 0.25) is 0 Å². The molecule has 0 radical (unpaired) electrons. The lowest BCUT2D eigenvalue weighted by atomic mass is 9.97. The third kappa shape index (κ3) is 3.91. The van der Waals surface area contributed by atoms with Crippen molar-refractivity contribution in [3.8, 4) is 11.5 Å². The van der Waals surface area contributed by atoms with Crippen LogP contribution in [0.15, 0.2) is 30.3 Å². The van der Waals surface area contributed by atoms with E-state index in [0.29, 0.717) is 0 Å². The van der Waals surface area contributed by atoms with E-state index < -0.39 is 13.7 Å². The Morgan fingerprint density at radius 2 is 1.67 bits per heavy atom. The van der Waals surface area contributed by atoms with Gasteiger partial charge in [-0.25, -0.2) is 0 Å². The zero-order valence-corrected chi connectivity index (χ0v) is 10.8. The van der Waals surface area contributed by atoms with Crippen LogP contribution < -0.4 is 0 Å². The second kappa shape index (κ2) is 4.22. The molecule has 80 valence electrons. The van der Waals surface area contributed by atoms with Crippen LogP contribution in [0.1, 0.15) is 12.5 Å². The van der Waals surface area contributed by atoms with Crippen molar-refractivity contribution in [1.29, 1.82) is 0 Å². The highest BCUT2D eigenvalue weighted by Crippen LogP contribution is 2.19. The van der Waals surface area contributed by atoms with Crippen molar-refractivity contribution in [2.75, 3.05) is 0 Å². The monoisotopic (exact) mass is 218 g/mol. The van der Waals surface area contributed by atoms with Crippen LogP contribution in [0.5, 0.6) is 0 Å². The molecular formula is C13H18OSi. The predicted octanol–water partition coefficient (Wildman–Crippen LogP) is 2.77. The number of benzene rings is 1. The third-order valence-electron chi connectivity index (χ3n) is 2.02. The molecule has 1 nitrogen and oxygen atoms in total. The van der Waals surface area contributed by atoms with Crippen LogP contribution in [0.25, 0.3) is 0 Å². The maximum atomic E-state index is 10.2. The Labute approximate surface area is 93.2 Å². The van der Waals surface area contributed by atoms with E-state index in [9.17, 15) is 5.11 Å². The zero-order chi connectivity index (χ0) is 11.5. The van der Waals surface area contributed by atoms with Crippen LogP contribution in [0.2, 0.25) is 19.6 Å². The molecule has 1 aromatic rings. The molecule has 1 N–H and O–H groups in total. The van der Waals surface area contributed by atoms with E-state index in [0.717, 1.165) is 5.56 Å². The first-order chi connectivity index (χ1) is 6.81. The number of aliphatic hydroxyl groups is 1. The van der Waals surface area contributed by atoms with Crippen molar-refractivity contribution in [2.45, 2.75) is 32.2 Å². The summed E-state index contributed by atoms with van der Waals surface area (Å²) in [6.07, 6.45) is 0. The van der Waals surface area contributed by atoms with Gasteiger partial charge in [-0.3, -0.25) is 0 Å². The summed E-state index contributed by atoms with van der Waals surface area (Å²) in [6, 6.07) is 9.57. The van der Waals surface area contributed by atoms with Crippen molar-refractivity contribution in [1.82, 2.24) is 0 Å². The predicted molar refractivity (Wildman–Crippen MR) is 67.1 cm³/mol. The topological polar surface area (TPSA) is 20.2 Å². The Balaban J connectivity index is 2.98. The van der Waals surface area contributed by atoms with Gasteiger partial charge in [-0.2, -0.15) is 0 Å². The van der Waals surface area contributed by atoms with Crippen molar-refractivity contribution in [3.63, 3.8) is 0 Å². The molecule has 0 spiro atoms. The van der Waals surface area contributed by atoms with Crippen molar-refractivity contribution < 1.29 is 5.11 Å². The van der Waals surface area contributed by atoms with Crippen molar-refractivity contribution in [3.05, 3.63) is 35.9 Å². The lowest BCUT2D eigenvalue weighted by Crippen LogP contribution is -2.22. The Morgan fingerprint density at radius 1 is 1.13 bits per heavy atom. The summed E-state index contributed by atoms with van der Waals surface area (Å²) in [5.74, 6) is 2.98. The second-order valence-electron chi connectivity index (χ2n) is 4.94. The molecule has 2 heteroatoms. The van der Waals surface area contributed by atoms with E-state index in [2.05, 4.69) is 31.1 Å². The van der Waals surface area contributed by atoms with Gasteiger partial charge in [0.25, 0.3) is 0 Å². The lowest BCUT2D eigenvalue weighted by molar-refractivity contribution is 0.122. The quantitative estimate of drug-likeness (QED) is 0.567. The van der Waals surface area contributed by atoms with Gasteiger partial charge < -0.3 is 5.11 Å². The fourth-order valence-corrected chi connectivity index (χ4v) is 1.76. The van der Waals surface area contributed by atoms with Crippen LogP contribution in [0, 0.1) is 11.5 Å². The maximum Gasteiger partial charge on any atom is 0.147 e. The minimum atomic E-state index is -1.42. The molecule has 1 atom stereocenters. The summed E-state index contributed by atoms with van der Waals surface area (Å²) in [5.41, 5.74) is 3.03. The van der Waals surface area contributed by atoms with Gasteiger partial charge in [-0.15, -0.1) is 5.54 Å². The van der Waals surface area contributed by atoms with Gasteiger partial charge in [-0.1, -0.05) is 55.9 Å². The largest absolute Gasteiger partial charge is 0.374 e. The van der Waals surface area contributed by atoms with Gasteiger partial charge in [0.05, 0.1) is 0 Å². The van der Waals surface area contributed by atoms with Crippen LogP contribution in [-0.4, -0.2) is 13.2 Å². The molecule has 0 aromatic heterocycles. The molecule has 15 heavy (non-hydrogen) atoms. The van der Waals surface area contributed by atoms with Gasteiger partial charge >= 0.3 is 0 Å². The fraction of sp³-hybridized carbons (Fsp3) is 0.385. The average Bonchev–Trinajstić information content (AvgIpc) is 2.16. The molecule has 1 unspecified atom stereocenters. The molecule has 0 heterocycles. The minimum Gasteiger partial charge on any atom is -0.374 e. The summed E-state index contributed by atoms with van der Waals surface area (Å²) in [6.45, 7) is 8.25. The number of rotatable bonds is 1. The summed E-state index contributed by atoms with van der Waals surface area (Å²) in [5, 5.41) is 10.2. The summed E-state index contributed by atoms with van der Waals surface area (Å²) >= 11 is 0. The molecule has 0 aliphatic carbocycles. The first-order valence-corrected chi connectivity index (χ1v) is 8.63. The van der Waals surface area contributed by atoms with E-state index in [1.807, 2.05) is 30.3 Å². The molecule has 0 bridgehead atoms. The van der Waals surface area contributed by atoms with Crippen LogP contribution in [0.3, 0.4) is 0 Å². The highest BCUT2D eigenvalue weighted by molar-refractivity contribution is 6.83. The van der Waals surface area contributed by atoms with E-state index in [1.165, 1.54) is 0 Å². The number of hydrogen-bond acceptors (Lipinski definition) is 1. The van der Waals surface area contributed by atoms with Crippen molar-refractivity contribution in [2.24, 2.45) is 0 Å². The average molecular weight is 218 g/mol. The number of hydrogen-bond donors (Lipinski definition) is 1. The van der Waals surface area contributed by atoms with E-state index in [1.54, 1.807) is 6.92 Å². The third-order valence-corrected chi connectivity index (χ3v) is 2.89. The molecule has 0 amide bonds. The van der Waals surface area contributed by atoms with Gasteiger partial charge in [-0.05, 0) is 12.5 Å². The van der Waals surface area contributed by atoms with Crippen LogP contribution >= 0.6 is 0 Å². The SMILES string of the molecule is CC(O)(C#C[Si](C)(C)C)c1ccccc1. The van der Waals surface area contributed by atoms with Gasteiger partial charge in [0.15, 0.2) is 0 Å². The lowest BCUT2D eigenvalue weighted by Gasteiger charge is -2.17. The molecule has 1 rings (SSSR count). The smallest absolute Gasteiger partial charge is 0.147 e. The summed E-state index contributed by atoms with van der Waals surface area (Å²) in [4.78, 5) is 0. The van der Waals surface area contributed by atoms with Crippen molar-refractivity contribution >= 4 is 8.07 Å². The Hall–Kier alpha value is -1.04. The molecule has 0 saturated carbocycles. The van der Waals surface area contributed by atoms with Crippen LogP contribution in [0.4, 0.5) is 0 Å². The molecular weight excluding hydrogens is 200 g/mol.